The van der Waals surface area contributed by atoms with Gasteiger partial charge in [-0.25, -0.2) is 0 Å². The van der Waals surface area contributed by atoms with Crippen LogP contribution in [-0.2, 0) is 12.8 Å². The standard InChI is InChI=1S/C14H19N/c1-10-4-5-11-8-13(9-12(11)7-10)14-3-2-6-15-14/h4-5,7,13-15H,2-3,6,8-9H2,1H3. The van der Waals surface area contributed by atoms with Crippen LogP contribution < -0.4 is 5.32 Å². The Morgan fingerprint density at radius 1 is 1.20 bits per heavy atom. The highest BCUT2D eigenvalue weighted by molar-refractivity contribution is 5.36. The lowest BCUT2D eigenvalue weighted by Gasteiger charge is -2.17. The predicted octanol–water partition coefficient (Wildman–Crippen LogP) is 2.46. The lowest BCUT2D eigenvalue weighted by atomic mass is 9.95. The molecule has 1 heterocycles. The first-order valence-electron chi connectivity index (χ1n) is 6.15. The van der Waals surface area contributed by atoms with Crippen molar-refractivity contribution in [1.82, 2.24) is 5.32 Å². The third kappa shape index (κ3) is 1.69. The van der Waals surface area contributed by atoms with E-state index in [1.165, 1.54) is 37.8 Å². The Kier molecular flexibility index (Phi) is 2.28. The van der Waals surface area contributed by atoms with Crippen LogP contribution in [0.3, 0.4) is 0 Å². The van der Waals surface area contributed by atoms with E-state index in [4.69, 9.17) is 0 Å². The maximum atomic E-state index is 3.65. The minimum absolute atomic E-state index is 0.790. The maximum Gasteiger partial charge on any atom is 0.0102 e. The lowest BCUT2D eigenvalue weighted by Crippen LogP contribution is -2.30. The first-order chi connectivity index (χ1) is 7.33. The number of hydrogen-bond donors (Lipinski definition) is 1. The zero-order chi connectivity index (χ0) is 10.3. The summed E-state index contributed by atoms with van der Waals surface area (Å²) in [5.41, 5.74) is 4.61. The monoisotopic (exact) mass is 201 g/mol. The average Bonchev–Trinajstić information content (AvgIpc) is 2.84. The molecule has 1 aliphatic carbocycles. The molecule has 3 rings (SSSR count). The molecule has 1 heteroatoms. The van der Waals surface area contributed by atoms with Gasteiger partial charge in [0, 0.05) is 6.04 Å². The Balaban J connectivity index is 1.79. The summed E-state index contributed by atoms with van der Waals surface area (Å²) in [6.45, 7) is 3.43. The van der Waals surface area contributed by atoms with Gasteiger partial charge in [-0.2, -0.15) is 0 Å². The quantitative estimate of drug-likeness (QED) is 0.736. The summed E-state index contributed by atoms with van der Waals surface area (Å²) < 4.78 is 0. The Hall–Kier alpha value is -0.820. The molecule has 1 aliphatic heterocycles. The number of fused-ring (bicyclic) bond motifs is 1. The summed E-state index contributed by atoms with van der Waals surface area (Å²) in [4.78, 5) is 0. The highest BCUT2D eigenvalue weighted by Crippen LogP contribution is 2.32. The molecule has 0 radical (unpaired) electrons. The first kappa shape index (κ1) is 9.41. The minimum Gasteiger partial charge on any atom is -0.314 e. The van der Waals surface area contributed by atoms with Gasteiger partial charge in [-0.1, -0.05) is 23.8 Å². The van der Waals surface area contributed by atoms with Crippen LogP contribution in [0.2, 0.25) is 0 Å². The SMILES string of the molecule is Cc1ccc2c(c1)CC(C1CCCN1)C2. The summed E-state index contributed by atoms with van der Waals surface area (Å²) in [5.74, 6) is 0.865. The van der Waals surface area contributed by atoms with Gasteiger partial charge in [0.2, 0.25) is 0 Å². The first-order valence-corrected chi connectivity index (χ1v) is 6.15. The number of hydrogen-bond acceptors (Lipinski definition) is 1. The summed E-state index contributed by atoms with van der Waals surface area (Å²) in [6.07, 6.45) is 5.36. The molecule has 1 nitrogen and oxygen atoms in total. The minimum atomic E-state index is 0.790. The maximum absolute atomic E-state index is 3.65. The Morgan fingerprint density at radius 2 is 2.07 bits per heavy atom. The number of rotatable bonds is 1. The normalized spacial score (nSPS) is 29.4. The fourth-order valence-corrected chi connectivity index (χ4v) is 3.18. The molecular formula is C14H19N. The fraction of sp³-hybridized carbons (Fsp3) is 0.571. The molecule has 15 heavy (non-hydrogen) atoms. The van der Waals surface area contributed by atoms with Gasteiger partial charge >= 0.3 is 0 Å². The van der Waals surface area contributed by atoms with Crippen LogP contribution >= 0.6 is 0 Å². The molecule has 2 aliphatic rings. The van der Waals surface area contributed by atoms with Crippen molar-refractivity contribution in [2.75, 3.05) is 6.54 Å². The summed E-state index contributed by atoms with van der Waals surface area (Å²) in [7, 11) is 0. The van der Waals surface area contributed by atoms with E-state index in [-0.39, 0.29) is 0 Å². The highest BCUT2D eigenvalue weighted by Gasteiger charge is 2.29. The van der Waals surface area contributed by atoms with E-state index >= 15 is 0 Å². The van der Waals surface area contributed by atoms with Crippen molar-refractivity contribution in [1.29, 1.82) is 0 Å². The van der Waals surface area contributed by atoms with E-state index in [2.05, 4.69) is 30.4 Å². The van der Waals surface area contributed by atoms with Gasteiger partial charge in [0.15, 0.2) is 0 Å². The molecule has 80 valence electrons. The Morgan fingerprint density at radius 3 is 2.87 bits per heavy atom. The second-order valence-corrected chi connectivity index (χ2v) is 5.14. The van der Waals surface area contributed by atoms with Crippen LogP contribution in [0, 0.1) is 12.8 Å². The molecule has 0 bridgehead atoms. The van der Waals surface area contributed by atoms with Crippen LogP contribution in [0.25, 0.3) is 0 Å². The van der Waals surface area contributed by atoms with Crippen molar-refractivity contribution < 1.29 is 0 Å². The Bertz CT molecular complexity index is 364. The third-order valence-corrected chi connectivity index (χ3v) is 3.99. The van der Waals surface area contributed by atoms with E-state index in [0.29, 0.717) is 0 Å². The second-order valence-electron chi connectivity index (χ2n) is 5.14. The van der Waals surface area contributed by atoms with Gasteiger partial charge in [-0.3, -0.25) is 0 Å². The lowest BCUT2D eigenvalue weighted by molar-refractivity contribution is 0.406. The van der Waals surface area contributed by atoms with Crippen molar-refractivity contribution in [3.8, 4) is 0 Å². The topological polar surface area (TPSA) is 12.0 Å². The van der Waals surface area contributed by atoms with Crippen molar-refractivity contribution in [3.63, 3.8) is 0 Å². The van der Waals surface area contributed by atoms with E-state index in [0.717, 1.165) is 12.0 Å². The van der Waals surface area contributed by atoms with E-state index in [1.807, 2.05) is 0 Å². The number of benzene rings is 1. The molecule has 1 N–H and O–H groups in total. The van der Waals surface area contributed by atoms with Crippen molar-refractivity contribution in [2.45, 2.75) is 38.6 Å². The van der Waals surface area contributed by atoms with Crippen molar-refractivity contribution in [2.24, 2.45) is 5.92 Å². The molecular weight excluding hydrogens is 182 g/mol. The second kappa shape index (κ2) is 3.64. The van der Waals surface area contributed by atoms with Gasteiger partial charge in [0.1, 0.15) is 0 Å². The fourth-order valence-electron chi connectivity index (χ4n) is 3.18. The zero-order valence-corrected chi connectivity index (χ0v) is 9.42. The van der Waals surface area contributed by atoms with Crippen LogP contribution in [0.4, 0.5) is 0 Å². The zero-order valence-electron chi connectivity index (χ0n) is 9.42. The van der Waals surface area contributed by atoms with Gasteiger partial charge in [-0.15, -0.1) is 0 Å². The number of nitrogens with one attached hydrogen (secondary N) is 1. The van der Waals surface area contributed by atoms with E-state index in [9.17, 15) is 0 Å². The summed E-state index contributed by atoms with van der Waals surface area (Å²) in [5, 5.41) is 3.65. The van der Waals surface area contributed by atoms with Gasteiger partial charge in [-0.05, 0) is 56.2 Å². The third-order valence-electron chi connectivity index (χ3n) is 3.99. The van der Waals surface area contributed by atoms with E-state index in [1.54, 1.807) is 11.1 Å². The molecule has 2 unspecified atom stereocenters. The molecule has 1 aromatic carbocycles. The van der Waals surface area contributed by atoms with Gasteiger partial charge in [0.25, 0.3) is 0 Å². The van der Waals surface area contributed by atoms with Crippen LogP contribution in [0.15, 0.2) is 18.2 Å². The molecule has 1 aromatic rings. The molecule has 0 amide bonds. The molecule has 0 spiro atoms. The van der Waals surface area contributed by atoms with Crippen LogP contribution in [0.5, 0.6) is 0 Å². The van der Waals surface area contributed by atoms with Crippen LogP contribution in [0.1, 0.15) is 29.5 Å². The van der Waals surface area contributed by atoms with Crippen molar-refractivity contribution >= 4 is 0 Å². The molecule has 0 aromatic heterocycles. The molecule has 2 atom stereocenters. The van der Waals surface area contributed by atoms with Gasteiger partial charge < -0.3 is 5.32 Å². The van der Waals surface area contributed by atoms with Gasteiger partial charge in [0.05, 0.1) is 0 Å². The highest BCUT2D eigenvalue weighted by atomic mass is 14.9. The predicted molar refractivity (Wildman–Crippen MR) is 63.1 cm³/mol. The molecule has 1 fully saturated rings. The molecule has 1 saturated heterocycles. The smallest absolute Gasteiger partial charge is 0.0102 e. The Labute approximate surface area is 91.9 Å². The van der Waals surface area contributed by atoms with Crippen molar-refractivity contribution in [3.05, 3.63) is 34.9 Å². The van der Waals surface area contributed by atoms with Crippen LogP contribution in [-0.4, -0.2) is 12.6 Å². The van der Waals surface area contributed by atoms with E-state index < -0.39 is 0 Å². The molecule has 0 saturated carbocycles. The average molecular weight is 201 g/mol. The summed E-state index contributed by atoms with van der Waals surface area (Å²) >= 11 is 0. The largest absolute Gasteiger partial charge is 0.314 e. The summed E-state index contributed by atoms with van der Waals surface area (Å²) in [6, 6.07) is 7.76. The number of aryl methyl sites for hydroxylation is 1.